The minimum atomic E-state index is -1.82. The number of anilines is 3. The van der Waals surface area contributed by atoms with Crippen molar-refractivity contribution in [3.63, 3.8) is 0 Å². The third kappa shape index (κ3) is 8.04. The van der Waals surface area contributed by atoms with Crippen LogP contribution in [-0.2, 0) is 20.9 Å². The van der Waals surface area contributed by atoms with E-state index in [9.17, 15) is 9.18 Å². The molecule has 0 aliphatic heterocycles. The van der Waals surface area contributed by atoms with Crippen LogP contribution in [0.1, 0.15) is 12.5 Å². The van der Waals surface area contributed by atoms with Crippen LogP contribution in [0.2, 0.25) is 0 Å². The van der Waals surface area contributed by atoms with Gasteiger partial charge in [0.25, 0.3) is 0 Å². The van der Waals surface area contributed by atoms with Gasteiger partial charge in [-0.1, -0.05) is 12.1 Å². The monoisotopic (exact) mass is 393 g/mol. The molecule has 0 saturated heterocycles. The number of carbonyl (C=O) groups is 3. The summed E-state index contributed by atoms with van der Waals surface area (Å²) in [6, 6.07) is 11.5. The van der Waals surface area contributed by atoms with Gasteiger partial charge in [-0.2, -0.15) is 0 Å². The quantitative estimate of drug-likeness (QED) is 0.384. The predicted molar refractivity (Wildman–Crippen MR) is 100 cm³/mol. The standard InChI is InChI=1S/C16H18FN3O2.C2H2O4/c1-2-22-16(21)20-15-8-7-13(9-14(15)18)19-10-11-3-5-12(17)6-4-11;3-1(4)2(5)6/h3-9,19H,2,10,18H2,1H3,(H,20,21);(H,3,4)(H,5,6). The lowest BCUT2D eigenvalue weighted by Gasteiger charge is -2.11. The highest BCUT2D eigenvalue weighted by molar-refractivity contribution is 6.27. The molecule has 2 aromatic carbocycles. The fourth-order valence-electron chi connectivity index (χ4n) is 1.87. The average molecular weight is 393 g/mol. The lowest BCUT2D eigenvalue weighted by molar-refractivity contribution is -0.159. The Balaban J connectivity index is 0.000000568. The van der Waals surface area contributed by atoms with Gasteiger partial charge in [-0.05, 0) is 42.8 Å². The number of ether oxygens (including phenoxy) is 1. The average Bonchev–Trinajstić information content (AvgIpc) is 2.64. The van der Waals surface area contributed by atoms with Gasteiger partial charge in [-0.15, -0.1) is 0 Å². The first-order valence-corrected chi connectivity index (χ1v) is 8.00. The Bertz CT molecular complexity index is 815. The molecule has 0 radical (unpaired) electrons. The molecule has 10 heteroatoms. The fraction of sp³-hybridized carbons (Fsp3) is 0.167. The molecular weight excluding hydrogens is 373 g/mol. The molecule has 0 aliphatic carbocycles. The number of rotatable bonds is 5. The molecule has 1 amide bonds. The van der Waals surface area contributed by atoms with E-state index < -0.39 is 18.0 Å². The van der Waals surface area contributed by atoms with Gasteiger partial charge in [0.05, 0.1) is 18.0 Å². The summed E-state index contributed by atoms with van der Waals surface area (Å²) in [5.41, 5.74) is 8.57. The van der Waals surface area contributed by atoms with E-state index in [1.165, 1.54) is 12.1 Å². The molecule has 2 aromatic rings. The summed E-state index contributed by atoms with van der Waals surface area (Å²) >= 11 is 0. The van der Waals surface area contributed by atoms with Crippen molar-refractivity contribution < 1.29 is 33.7 Å². The molecular formula is C18H20FN3O6. The van der Waals surface area contributed by atoms with E-state index >= 15 is 0 Å². The maximum absolute atomic E-state index is 12.8. The van der Waals surface area contributed by atoms with Crippen LogP contribution in [0.15, 0.2) is 42.5 Å². The summed E-state index contributed by atoms with van der Waals surface area (Å²) in [6.07, 6.45) is -0.541. The summed E-state index contributed by atoms with van der Waals surface area (Å²) in [6.45, 7) is 2.57. The summed E-state index contributed by atoms with van der Waals surface area (Å²) in [5, 5.41) is 20.5. The minimum Gasteiger partial charge on any atom is -0.473 e. The van der Waals surface area contributed by atoms with Gasteiger partial charge >= 0.3 is 18.0 Å². The number of nitrogens with one attached hydrogen (secondary N) is 2. The molecule has 28 heavy (non-hydrogen) atoms. The summed E-state index contributed by atoms with van der Waals surface area (Å²) in [5.74, 6) is -3.91. The van der Waals surface area contributed by atoms with E-state index in [4.69, 9.17) is 30.3 Å². The van der Waals surface area contributed by atoms with Crippen molar-refractivity contribution in [2.45, 2.75) is 13.5 Å². The molecule has 0 saturated carbocycles. The van der Waals surface area contributed by atoms with Crippen molar-refractivity contribution in [2.24, 2.45) is 0 Å². The van der Waals surface area contributed by atoms with Crippen LogP contribution < -0.4 is 16.4 Å². The second-order valence-electron chi connectivity index (χ2n) is 5.24. The lowest BCUT2D eigenvalue weighted by atomic mass is 10.2. The highest BCUT2D eigenvalue weighted by Gasteiger charge is 2.06. The van der Waals surface area contributed by atoms with Crippen molar-refractivity contribution >= 4 is 35.1 Å². The van der Waals surface area contributed by atoms with E-state index in [2.05, 4.69) is 10.6 Å². The zero-order valence-corrected chi connectivity index (χ0v) is 14.9. The number of carbonyl (C=O) groups excluding carboxylic acids is 1. The van der Waals surface area contributed by atoms with Gasteiger partial charge in [0, 0.05) is 12.2 Å². The third-order valence-corrected chi connectivity index (χ3v) is 3.16. The number of nitrogen functional groups attached to an aromatic ring is 1. The number of carboxylic acids is 2. The zero-order chi connectivity index (χ0) is 21.1. The van der Waals surface area contributed by atoms with Gasteiger partial charge in [-0.25, -0.2) is 18.8 Å². The first kappa shape index (κ1) is 22.2. The highest BCUT2D eigenvalue weighted by atomic mass is 19.1. The zero-order valence-electron chi connectivity index (χ0n) is 14.9. The lowest BCUT2D eigenvalue weighted by Crippen LogP contribution is -2.14. The smallest absolute Gasteiger partial charge is 0.414 e. The van der Waals surface area contributed by atoms with Crippen LogP contribution in [0.4, 0.5) is 26.2 Å². The van der Waals surface area contributed by atoms with Crippen molar-refractivity contribution in [1.82, 2.24) is 0 Å². The molecule has 0 spiro atoms. The summed E-state index contributed by atoms with van der Waals surface area (Å²) in [4.78, 5) is 29.6. The van der Waals surface area contributed by atoms with Gasteiger partial charge in [0.15, 0.2) is 0 Å². The molecule has 0 atom stereocenters. The van der Waals surface area contributed by atoms with E-state index in [0.29, 0.717) is 24.5 Å². The van der Waals surface area contributed by atoms with Crippen molar-refractivity contribution in [3.8, 4) is 0 Å². The van der Waals surface area contributed by atoms with E-state index in [-0.39, 0.29) is 5.82 Å². The number of hydrogen-bond donors (Lipinski definition) is 5. The number of amides is 1. The van der Waals surface area contributed by atoms with Crippen LogP contribution in [0.3, 0.4) is 0 Å². The van der Waals surface area contributed by atoms with Crippen LogP contribution in [0.5, 0.6) is 0 Å². The Hall–Kier alpha value is -3.82. The second-order valence-corrected chi connectivity index (χ2v) is 5.24. The van der Waals surface area contributed by atoms with Crippen molar-refractivity contribution in [3.05, 3.63) is 53.8 Å². The number of nitrogens with two attached hydrogens (primary N) is 1. The highest BCUT2D eigenvalue weighted by Crippen LogP contribution is 2.23. The maximum Gasteiger partial charge on any atom is 0.414 e. The Kier molecular flexibility index (Phi) is 8.74. The maximum atomic E-state index is 12.8. The molecule has 9 nitrogen and oxygen atoms in total. The predicted octanol–water partition coefficient (Wildman–Crippen LogP) is 2.74. The number of aliphatic carboxylic acids is 2. The van der Waals surface area contributed by atoms with Gasteiger partial charge in [-0.3, -0.25) is 5.32 Å². The second kappa shape index (κ2) is 11.0. The Morgan fingerprint density at radius 1 is 1.07 bits per heavy atom. The van der Waals surface area contributed by atoms with Gasteiger partial charge in [0.1, 0.15) is 5.82 Å². The van der Waals surface area contributed by atoms with E-state index in [1.807, 2.05) is 0 Å². The molecule has 0 bridgehead atoms. The minimum absolute atomic E-state index is 0.262. The molecule has 2 rings (SSSR count). The van der Waals surface area contributed by atoms with E-state index in [0.717, 1.165) is 11.3 Å². The number of halogens is 1. The summed E-state index contributed by atoms with van der Waals surface area (Å²) < 4.78 is 17.6. The summed E-state index contributed by atoms with van der Waals surface area (Å²) in [7, 11) is 0. The topological polar surface area (TPSA) is 151 Å². The molecule has 6 N–H and O–H groups in total. The number of hydrogen-bond acceptors (Lipinski definition) is 6. The molecule has 150 valence electrons. The van der Waals surface area contributed by atoms with Crippen molar-refractivity contribution in [2.75, 3.05) is 23.0 Å². The number of carboxylic acid groups (broad SMARTS) is 2. The molecule has 0 aromatic heterocycles. The SMILES string of the molecule is CCOC(=O)Nc1ccc(NCc2ccc(F)cc2)cc1N.O=C(O)C(=O)O. The van der Waals surface area contributed by atoms with Crippen molar-refractivity contribution in [1.29, 1.82) is 0 Å². The number of benzene rings is 2. The van der Waals surface area contributed by atoms with Crippen LogP contribution in [0, 0.1) is 5.82 Å². The fourth-order valence-corrected chi connectivity index (χ4v) is 1.87. The largest absolute Gasteiger partial charge is 0.473 e. The normalized spacial score (nSPS) is 9.50. The van der Waals surface area contributed by atoms with Crippen LogP contribution in [0.25, 0.3) is 0 Å². The molecule has 0 unspecified atom stereocenters. The first-order valence-electron chi connectivity index (χ1n) is 8.00. The molecule has 0 fully saturated rings. The van der Waals surface area contributed by atoms with Crippen LogP contribution in [-0.4, -0.2) is 34.9 Å². The Morgan fingerprint density at radius 3 is 2.18 bits per heavy atom. The third-order valence-electron chi connectivity index (χ3n) is 3.16. The van der Waals surface area contributed by atoms with Gasteiger partial charge in [0.2, 0.25) is 0 Å². The van der Waals surface area contributed by atoms with Gasteiger partial charge < -0.3 is 26.0 Å². The Morgan fingerprint density at radius 2 is 1.68 bits per heavy atom. The molecule has 0 aliphatic rings. The first-order chi connectivity index (χ1) is 13.2. The molecule has 0 heterocycles. The Labute approximate surface area is 159 Å². The van der Waals surface area contributed by atoms with Crippen LogP contribution >= 0.6 is 0 Å². The van der Waals surface area contributed by atoms with E-state index in [1.54, 1.807) is 37.3 Å².